The Morgan fingerprint density at radius 3 is 2.53 bits per heavy atom. The van der Waals surface area contributed by atoms with Crippen molar-refractivity contribution in [3.05, 3.63) is 35.4 Å². The fourth-order valence-corrected chi connectivity index (χ4v) is 3.39. The van der Waals surface area contributed by atoms with Gasteiger partial charge in [0, 0.05) is 17.8 Å². The molecule has 2 nitrogen and oxygen atoms in total. The molecule has 0 bridgehead atoms. The monoisotopic (exact) mass is 323 g/mol. The topological polar surface area (TPSA) is 29.1 Å². The van der Waals surface area contributed by atoms with Gasteiger partial charge in [0.15, 0.2) is 0 Å². The number of amides is 1. The van der Waals surface area contributed by atoms with Gasteiger partial charge in [0.1, 0.15) is 0 Å². The van der Waals surface area contributed by atoms with E-state index in [9.17, 15) is 4.79 Å². The van der Waals surface area contributed by atoms with E-state index in [1.54, 1.807) is 0 Å². The molecular weight excluding hydrogens is 302 g/mol. The van der Waals surface area contributed by atoms with Crippen LogP contribution in [0.2, 0.25) is 0 Å². The van der Waals surface area contributed by atoms with Crippen LogP contribution in [0.25, 0.3) is 0 Å². The predicted octanol–water partition coefficient (Wildman–Crippen LogP) is 3.33. The normalized spacial score (nSPS) is 16.1. The molecule has 104 valence electrons. The third-order valence-electron chi connectivity index (χ3n) is 4.08. The van der Waals surface area contributed by atoms with E-state index in [4.69, 9.17) is 0 Å². The molecule has 0 heterocycles. The number of rotatable bonds is 6. The number of halogens is 1. The Labute approximate surface area is 124 Å². The lowest BCUT2D eigenvalue weighted by Crippen LogP contribution is -2.34. The molecule has 1 aliphatic rings. The van der Waals surface area contributed by atoms with Crippen molar-refractivity contribution in [3.8, 4) is 0 Å². The first-order valence-corrected chi connectivity index (χ1v) is 8.27. The Morgan fingerprint density at radius 1 is 1.37 bits per heavy atom. The number of carbonyl (C=O) groups is 1. The zero-order valence-corrected chi connectivity index (χ0v) is 13.1. The van der Waals surface area contributed by atoms with E-state index in [1.807, 2.05) is 0 Å². The molecule has 1 N–H and O–H groups in total. The summed E-state index contributed by atoms with van der Waals surface area (Å²) in [6.45, 7) is 3.00. The SMILES string of the molecule is CCC(CCBr)CNC(=O)C1Cc2ccccc2C1. The Kier molecular flexibility index (Phi) is 5.44. The van der Waals surface area contributed by atoms with Crippen LogP contribution in [0.4, 0.5) is 0 Å². The van der Waals surface area contributed by atoms with E-state index in [0.717, 1.165) is 37.6 Å². The van der Waals surface area contributed by atoms with Crippen molar-refractivity contribution >= 4 is 21.8 Å². The number of benzene rings is 1. The smallest absolute Gasteiger partial charge is 0.223 e. The lowest BCUT2D eigenvalue weighted by atomic mass is 10.0. The van der Waals surface area contributed by atoms with Gasteiger partial charge in [-0.2, -0.15) is 0 Å². The van der Waals surface area contributed by atoms with E-state index < -0.39 is 0 Å². The van der Waals surface area contributed by atoms with Crippen LogP contribution in [0.15, 0.2) is 24.3 Å². The maximum Gasteiger partial charge on any atom is 0.223 e. The molecule has 19 heavy (non-hydrogen) atoms. The van der Waals surface area contributed by atoms with Gasteiger partial charge < -0.3 is 5.32 Å². The average molecular weight is 324 g/mol. The van der Waals surface area contributed by atoms with Crippen molar-refractivity contribution < 1.29 is 4.79 Å². The number of alkyl halides is 1. The van der Waals surface area contributed by atoms with Crippen molar-refractivity contribution in [2.45, 2.75) is 32.6 Å². The lowest BCUT2D eigenvalue weighted by molar-refractivity contribution is -0.124. The zero-order valence-electron chi connectivity index (χ0n) is 11.5. The van der Waals surface area contributed by atoms with Gasteiger partial charge in [0.05, 0.1) is 0 Å². The van der Waals surface area contributed by atoms with Crippen molar-refractivity contribution in [3.63, 3.8) is 0 Å². The van der Waals surface area contributed by atoms with Crippen LogP contribution in [0, 0.1) is 11.8 Å². The number of hydrogen-bond acceptors (Lipinski definition) is 1. The second kappa shape index (κ2) is 7.09. The van der Waals surface area contributed by atoms with Gasteiger partial charge in [-0.3, -0.25) is 4.79 Å². The second-order valence-electron chi connectivity index (χ2n) is 5.37. The molecule has 1 amide bonds. The largest absolute Gasteiger partial charge is 0.356 e. The molecule has 1 atom stereocenters. The number of nitrogens with one attached hydrogen (secondary N) is 1. The van der Waals surface area contributed by atoms with Gasteiger partial charge in [-0.05, 0) is 36.3 Å². The van der Waals surface area contributed by atoms with Crippen LogP contribution in [0.5, 0.6) is 0 Å². The molecule has 0 aromatic heterocycles. The van der Waals surface area contributed by atoms with Crippen molar-refractivity contribution in [2.75, 3.05) is 11.9 Å². The molecule has 0 radical (unpaired) electrons. The molecule has 1 aromatic carbocycles. The molecule has 0 fully saturated rings. The minimum atomic E-state index is 0.138. The quantitative estimate of drug-likeness (QED) is 0.799. The maximum atomic E-state index is 12.2. The van der Waals surface area contributed by atoms with Gasteiger partial charge in [0.25, 0.3) is 0 Å². The fraction of sp³-hybridized carbons (Fsp3) is 0.562. The first kappa shape index (κ1) is 14.6. The van der Waals surface area contributed by atoms with Crippen molar-refractivity contribution in [2.24, 2.45) is 11.8 Å². The molecule has 3 heteroatoms. The Hall–Kier alpha value is -0.830. The zero-order chi connectivity index (χ0) is 13.7. The summed E-state index contributed by atoms with van der Waals surface area (Å²) in [5.74, 6) is 0.954. The molecule has 2 rings (SSSR count). The first-order valence-electron chi connectivity index (χ1n) is 7.15. The van der Waals surface area contributed by atoms with Gasteiger partial charge in [-0.1, -0.05) is 53.5 Å². The van der Waals surface area contributed by atoms with Crippen LogP contribution in [0.1, 0.15) is 30.9 Å². The highest BCUT2D eigenvalue weighted by Gasteiger charge is 2.26. The Morgan fingerprint density at radius 2 is 2.00 bits per heavy atom. The number of carbonyl (C=O) groups excluding carboxylic acids is 1. The molecule has 0 saturated carbocycles. The standard InChI is InChI=1S/C16H22BrNO/c1-2-12(7-8-17)11-18-16(19)15-9-13-5-3-4-6-14(13)10-15/h3-6,12,15H,2,7-11H2,1H3,(H,18,19). The molecule has 1 aliphatic carbocycles. The highest BCUT2D eigenvalue weighted by atomic mass is 79.9. The molecule has 0 spiro atoms. The third kappa shape index (κ3) is 3.82. The lowest BCUT2D eigenvalue weighted by Gasteiger charge is -2.16. The van der Waals surface area contributed by atoms with Gasteiger partial charge >= 0.3 is 0 Å². The predicted molar refractivity (Wildman–Crippen MR) is 82.5 cm³/mol. The molecule has 1 unspecified atom stereocenters. The Bertz CT molecular complexity index is 408. The second-order valence-corrected chi connectivity index (χ2v) is 6.16. The van der Waals surface area contributed by atoms with Gasteiger partial charge in [-0.15, -0.1) is 0 Å². The highest BCUT2D eigenvalue weighted by molar-refractivity contribution is 9.09. The minimum absolute atomic E-state index is 0.138. The molecule has 0 aliphatic heterocycles. The molecule has 1 aromatic rings. The summed E-state index contributed by atoms with van der Waals surface area (Å²) >= 11 is 3.47. The van der Waals surface area contributed by atoms with Crippen LogP contribution in [0.3, 0.4) is 0 Å². The minimum Gasteiger partial charge on any atom is -0.356 e. The Balaban J connectivity index is 1.83. The third-order valence-corrected chi connectivity index (χ3v) is 4.54. The number of hydrogen-bond donors (Lipinski definition) is 1. The summed E-state index contributed by atoms with van der Waals surface area (Å²) in [6, 6.07) is 8.40. The summed E-state index contributed by atoms with van der Waals surface area (Å²) in [7, 11) is 0. The van der Waals surface area contributed by atoms with E-state index in [-0.39, 0.29) is 11.8 Å². The summed E-state index contributed by atoms with van der Waals surface area (Å²) in [4.78, 5) is 12.2. The van der Waals surface area contributed by atoms with Crippen LogP contribution in [-0.4, -0.2) is 17.8 Å². The maximum absolute atomic E-state index is 12.2. The van der Waals surface area contributed by atoms with Crippen LogP contribution < -0.4 is 5.32 Å². The van der Waals surface area contributed by atoms with Crippen LogP contribution >= 0.6 is 15.9 Å². The van der Waals surface area contributed by atoms with Gasteiger partial charge in [-0.25, -0.2) is 0 Å². The van der Waals surface area contributed by atoms with Crippen molar-refractivity contribution in [1.29, 1.82) is 0 Å². The summed E-state index contributed by atoms with van der Waals surface area (Å²) in [5, 5.41) is 4.15. The fourth-order valence-electron chi connectivity index (χ4n) is 2.74. The highest BCUT2D eigenvalue weighted by Crippen LogP contribution is 2.26. The summed E-state index contributed by atoms with van der Waals surface area (Å²) < 4.78 is 0. The van der Waals surface area contributed by atoms with E-state index >= 15 is 0 Å². The van der Waals surface area contributed by atoms with Gasteiger partial charge in [0.2, 0.25) is 5.91 Å². The van der Waals surface area contributed by atoms with Crippen LogP contribution in [-0.2, 0) is 17.6 Å². The van der Waals surface area contributed by atoms with E-state index in [1.165, 1.54) is 11.1 Å². The summed E-state index contributed by atoms with van der Waals surface area (Å²) in [5.41, 5.74) is 2.69. The van der Waals surface area contributed by atoms with Crippen molar-refractivity contribution in [1.82, 2.24) is 5.32 Å². The number of fused-ring (bicyclic) bond motifs is 1. The summed E-state index contributed by atoms with van der Waals surface area (Å²) in [6.07, 6.45) is 4.05. The molecular formula is C16H22BrNO. The first-order chi connectivity index (χ1) is 9.24. The van der Waals surface area contributed by atoms with E-state index in [2.05, 4.69) is 52.4 Å². The van der Waals surface area contributed by atoms with E-state index in [0.29, 0.717) is 5.92 Å². The average Bonchev–Trinajstić information content (AvgIpc) is 2.87. The molecule has 0 saturated heterocycles.